The maximum absolute atomic E-state index is 11.8. The van der Waals surface area contributed by atoms with Crippen molar-refractivity contribution in [3.63, 3.8) is 0 Å². The van der Waals surface area contributed by atoms with Crippen LogP contribution in [0.4, 0.5) is 0 Å². The number of nitrogens with one attached hydrogen (secondary N) is 1. The fraction of sp³-hybridized carbons (Fsp3) is 0.167. The minimum atomic E-state index is -0.275. The average molecular weight is 268 g/mol. The number of nitrogens with two attached hydrogens (primary N) is 1. The lowest BCUT2D eigenvalue weighted by molar-refractivity contribution is 0.0946. The zero-order valence-electron chi connectivity index (χ0n) is 9.63. The Hall–Kier alpha value is -1.85. The third-order valence-corrected chi connectivity index (χ3v) is 2.30. The first kappa shape index (κ1) is 14.2. The molecule has 0 aliphatic rings. The molecule has 0 unspecified atom stereocenters. The summed E-state index contributed by atoms with van der Waals surface area (Å²) in [6.07, 6.45) is 1.46. The SMILES string of the molecule is Cl.NCCNC(=O)c1nocc1-c1ccccc1. The van der Waals surface area contributed by atoms with Crippen molar-refractivity contribution < 1.29 is 9.32 Å². The molecule has 0 saturated carbocycles. The Morgan fingerprint density at radius 2 is 2.06 bits per heavy atom. The number of carbonyl (C=O) groups is 1. The summed E-state index contributed by atoms with van der Waals surface area (Å²) in [7, 11) is 0. The van der Waals surface area contributed by atoms with Crippen LogP contribution in [0.15, 0.2) is 41.1 Å². The summed E-state index contributed by atoms with van der Waals surface area (Å²) >= 11 is 0. The highest BCUT2D eigenvalue weighted by Crippen LogP contribution is 2.22. The normalized spacial score (nSPS) is 9.61. The highest BCUT2D eigenvalue weighted by molar-refractivity contribution is 5.98. The van der Waals surface area contributed by atoms with Crippen LogP contribution in [0.3, 0.4) is 0 Å². The van der Waals surface area contributed by atoms with Gasteiger partial charge in [-0.05, 0) is 5.56 Å². The van der Waals surface area contributed by atoms with E-state index in [1.165, 1.54) is 6.26 Å². The van der Waals surface area contributed by atoms with Gasteiger partial charge in [0.05, 0.1) is 5.56 Å². The molecule has 0 fully saturated rings. The van der Waals surface area contributed by atoms with E-state index in [0.29, 0.717) is 18.7 Å². The molecule has 0 radical (unpaired) electrons. The Morgan fingerprint density at radius 3 is 2.72 bits per heavy atom. The van der Waals surface area contributed by atoms with Gasteiger partial charge in [-0.15, -0.1) is 12.4 Å². The molecule has 0 aliphatic carbocycles. The van der Waals surface area contributed by atoms with E-state index in [4.69, 9.17) is 10.3 Å². The number of rotatable bonds is 4. The third-order valence-electron chi connectivity index (χ3n) is 2.30. The topological polar surface area (TPSA) is 81.1 Å². The van der Waals surface area contributed by atoms with Gasteiger partial charge in [-0.25, -0.2) is 0 Å². The van der Waals surface area contributed by atoms with E-state index in [9.17, 15) is 4.79 Å². The molecule has 96 valence electrons. The second-order valence-electron chi connectivity index (χ2n) is 3.49. The fourth-order valence-corrected chi connectivity index (χ4v) is 1.49. The van der Waals surface area contributed by atoms with E-state index in [0.717, 1.165) is 5.56 Å². The largest absolute Gasteiger partial charge is 0.363 e. The van der Waals surface area contributed by atoms with Crippen molar-refractivity contribution >= 4 is 18.3 Å². The molecule has 0 bridgehead atoms. The number of nitrogens with zero attached hydrogens (tertiary/aromatic N) is 1. The van der Waals surface area contributed by atoms with Crippen LogP contribution in [0.1, 0.15) is 10.5 Å². The molecule has 1 amide bonds. The van der Waals surface area contributed by atoms with E-state index in [-0.39, 0.29) is 24.0 Å². The summed E-state index contributed by atoms with van der Waals surface area (Å²) in [5, 5.41) is 6.38. The molecular formula is C12H14ClN3O2. The molecule has 2 rings (SSSR count). The summed E-state index contributed by atoms with van der Waals surface area (Å²) in [6, 6.07) is 9.48. The second kappa shape index (κ2) is 6.78. The maximum Gasteiger partial charge on any atom is 0.274 e. The van der Waals surface area contributed by atoms with Crippen LogP contribution >= 0.6 is 12.4 Å². The first-order valence-electron chi connectivity index (χ1n) is 5.31. The molecule has 1 heterocycles. The van der Waals surface area contributed by atoms with Gasteiger partial charge in [0.25, 0.3) is 5.91 Å². The molecule has 0 atom stereocenters. The van der Waals surface area contributed by atoms with E-state index >= 15 is 0 Å². The molecule has 0 spiro atoms. The van der Waals surface area contributed by atoms with Crippen molar-refractivity contribution in [3.8, 4) is 11.1 Å². The Labute approximate surface area is 111 Å². The van der Waals surface area contributed by atoms with Crippen molar-refractivity contribution in [3.05, 3.63) is 42.3 Å². The van der Waals surface area contributed by atoms with Gasteiger partial charge in [0.2, 0.25) is 0 Å². The first-order valence-corrected chi connectivity index (χ1v) is 5.31. The number of halogens is 1. The molecule has 1 aromatic heterocycles. The molecule has 0 aliphatic heterocycles. The fourth-order valence-electron chi connectivity index (χ4n) is 1.49. The zero-order valence-corrected chi connectivity index (χ0v) is 10.4. The predicted molar refractivity (Wildman–Crippen MR) is 70.6 cm³/mol. The van der Waals surface area contributed by atoms with Crippen LogP contribution in [0.25, 0.3) is 11.1 Å². The van der Waals surface area contributed by atoms with E-state index in [2.05, 4.69) is 10.5 Å². The summed E-state index contributed by atoms with van der Waals surface area (Å²) < 4.78 is 4.86. The standard InChI is InChI=1S/C12H13N3O2.ClH/c13-6-7-14-12(16)11-10(8-17-15-11)9-4-2-1-3-5-9;/h1-5,8H,6-7,13H2,(H,14,16);1H. The second-order valence-corrected chi connectivity index (χ2v) is 3.49. The molecule has 0 saturated heterocycles. The van der Waals surface area contributed by atoms with Crippen molar-refractivity contribution in [1.82, 2.24) is 10.5 Å². The van der Waals surface area contributed by atoms with Crippen LogP contribution in [-0.4, -0.2) is 24.2 Å². The van der Waals surface area contributed by atoms with Gasteiger partial charge in [0.1, 0.15) is 6.26 Å². The minimum absolute atomic E-state index is 0. The lowest BCUT2D eigenvalue weighted by Crippen LogP contribution is -2.29. The highest BCUT2D eigenvalue weighted by atomic mass is 35.5. The lowest BCUT2D eigenvalue weighted by Gasteiger charge is -2.02. The summed E-state index contributed by atoms with van der Waals surface area (Å²) in [5.74, 6) is -0.275. The highest BCUT2D eigenvalue weighted by Gasteiger charge is 2.16. The molecule has 6 heteroatoms. The zero-order chi connectivity index (χ0) is 12.1. The number of amides is 1. The Balaban J connectivity index is 0.00000162. The van der Waals surface area contributed by atoms with Crippen molar-refractivity contribution in [1.29, 1.82) is 0 Å². The van der Waals surface area contributed by atoms with E-state index in [1.54, 1.807) is 0 Å². The molecule has 3 N–H and O–H groups in total. The smallest absolute Gasteiger partial charge is 0.274 e. The van der Waals surface area contributed by atoms with Gasteiger partial charge in [0, 0.05) is 13.1 Å². The number of aromatic nitrogens is 1. The van der Waals surface area contributed by atoms with Crippen LogP contribution in [0.5, 0.6) is 0 Å². The van der Waals surface area contributed by atoms with Crippen molar-refractivity contribution in [2.24, 2.45) is 5.73 Å². The van der Waals surface area contributed by atoms with Gasteiger partial charge >= 0.3 is 0 Å². The Bertz CT molecular complexity index is 499. The number of hydrogen-bond acceptors (Lipinski definition) is 4. The molecule has 18 heavy (non-hydrogen) atoms. The monoisotopic (exact) mass is 267 g/mol. The third kappa shape index (κ3) is 3.09. The van der Waals surface area contributed by atoms with Crippen molar-refractivity contribution in [2.45, 2.75) is 0 Å². The molecule has 5 nitrogen and oxygen atoms in total. The number of carbonyl (C=O) groups excluding carboxylic acids is 1. The van der Waals surface area contributed by atoms with E-state index in [1.807, 2.05) is 30.3 Å². The van der Waals surface area contributed by atoms with Crippen LogP contribution < -0.4 is 11.1 Å². The maximum atomic E-state index is 11.8. The van der Waals surface area contributed by atoms with E-state index < -0.39 is 0 Å². The van der Waals surface area contributed by atoms with Gasteiger partial charge in [-0.2, -0.15) is 0 Å². The minimum Gasteiger partial charge on any atom is -0.363 e. The van der Waals surface area contributed by atoms with Gasteiger partial charge < -0.3 is 15.6 Å². The molecular weight excluding hydrogens is 254 g/mol. The summed E-state index contributed by atoms with van der Waals surface area (Å²) in [5.41, 5.74) is 7.18. The van der Waals surface area contributed by atoms with Crippen molar-refractivity contribution in [2.75, 3.05) is 13.1 Å². The van der Waals surface area contributed by atoms with Gasteiger partial charge in [-0.1, -0.05) is 35.5 Å². The number of benzene rings is 1. The van der Waals surface area contributed by atoms with Crippen LogP contribution in [0, 0.1) is 0 Å². The van der Waals surface area contributed by atoms with Gasteiger partial charge in [0.15, 0.2) is 5.69 Å². The first-order chi connectivity index (χ1) is 8.33. The average Bonchev–Trinajstić information content (AvgIpc) is 2.86. The predicted octanol–water partition coefficient (Wildman–Crippen LogP) is 1.45. The lowest BCUT2D eigenvalue weighted by atomic mass is 10.1. The summed E-state index contributed by atoms with van der Waals surface area (Å²) in [6.45, 7) is 0.810. The van der Waals surface area contributed by atoms with Crippen LogP contribution in [0.2, 0.25) is 0 Å². The van der Waals surface area contributed by atoms with Gasteiger partial charge in [-0.3, -0.25) is 4.79 Å². The quantitative estimate of drug-likeness (QED) is 0.879. The Morgan fingerprint density at radius 1 is 1.33 bits per heavy atom. The molecule has 1 aromatic carbocycles. The number of hydrogen-bond donors (Lipinski definition) is 2. The summed E-state index contributed by atoms with van der Waals surface area (Å²) in [4.78, 5) is 11.8. The molecule has 2 aromatic rings. The Kier molecular flexibility index (Phi) is 5.35. The van der Waals surface area contributed by atoms with Crippen LogP contribution in [-0.2, 0) is 0 Å².